The molecule has 2 heteroatoms. The maximum absolute atomic E-state index is 13.4. The number of hydrogen-bond acceptors (Lipinski definition) is 2. The predicted molar refractivity (Wildman–Crippen MR) is 199 cm³/mol. The molecule has 242 valence electrons. The van der Waals surface area contributed by atoms with E-state index >= 15 is 0 Å². The van der Waals surface area contributed by atoms with E-state index in [1.165, 1.54) is 44.5 Å². The molecule has 3 atom stereocenters. The van der Waals surface area contributed by atoms with Crippen LogP contribution in [0.5, 0.6) is 0 Å². The van der Waals surface area contributed by atoms with Crippen molar-refractivity contribution in [3.8, 4) is 0 Å². The Morgan fingerprint density at radius 2 is 1.12 bits per heavy atom. The summed E-state index contributed by atoms with van der Waals surface area (Å²) in [5, 5.41) is 11.3. The van der Waals surface area contributed by atoms with Gasteiger partial charge in [-0.2, -0.15) is 0 Å². The van der Waals surface area contributed by atoms with Gasteiger partial charge in [0.2, 0.25) is 0 Å². The summed E-state index contributed by atoms with van der Waals surface area (Å²) in [5.41, 5.74) is 11.7. The van der Waals surface area contributed by atoms with Gasteiger partial charge >= 0.3 is 0 Å². The number of allylic oxidation sites excluding steroid dienone is 7. The van der Waals surface area contributed by atoms with E-state index in [0.717, 1.165) is 62.5 Å². The van der Waals surface area contributed by atoms with Crippen molar-refractivity contribution >= 4 is 16.9 Å². The Morgan fingerprint density at radius 1 is 0.604 bits per heavy atom. The summed E-state index contributed by atoms with van der Waals surface area (Å²) in [6.45, 7) is 4.30. The molecule has 48 heavy (non-hydrogen) atoms. The number of aliphatic hydroxyl groups excluding tert-OH is 1. The molecule has 0 aromatic heterocycles. The van der Waals surface area contributed by atoms with Crippen molar-refractivity contribution in [2.75, 3.05) is 0 Å². The number of benzene rings is 4. The first kappa shape index (κ1) is 32.0. The Balaban J connectivity index is 0.000000152. The lowest BCUT2D eigenvalue weighted by atomic mass is 9.71. The van der Waals surface area contributed by atoms with E-state index in [9.17, 15) is 9.90 Å². The van der Waals surface area contributed by atoms with Crippen LogP contribution in [0.4, 0.5) is 0 Å². The largest absolute Gasteiger partial charge is 0.387 e. The second kappa shape index (κ2) is 13.5. The number of carbonyl (C=O) groups excluding carboxylic acids is 1. The zero-order valence-corrected chi connectivity index (χ0v) is 28.3. The molecule has 0 radical (unpaired) electrons. The smallest absolute Gasteiger partial charge is 0.174 e. The average Bonchev–Trinajstić information content (AvgIpc) is 3.88. The molecule has 4 aliphatic rings. The number of rotatable bonds is 8. The minimum atomic E-state index is -0.437. The fourth-order valence-corrected chi connectivity index (χ4v) is 8.69. The Morgan fingerprint density at radius 3 is 1.75 bits per heavy atom. The van der Waals surface area contributed by atoms with E-state index in [1.54, 1.807) is 0 Å². The summed E-state index contributed by atoms with van der Waals surface area (Å²) in [6.07, 6.45) is 20.4. The molecule has 3 unspecified atom stereocenters. The standard InChI is InChI=1S/C23H24O.C23H22O/c2*1-2-3-8-15-23(16-18-10-5-7-12-20(18)22(23)24)21-14-13-17-9-4-6-11-19(17)21/h3-12,14,22,24H,2,13,15-16H2,1H3;3-12,14H,2,13,15-16H2,1H3/b2*8-3+. The molecule has 0 aliphatic heterocycles. The van der Waals surface area contributed by atoms with Crippen LogP contribution in [0.3, 0.4) is 0 Å². The van der Waals surface area contributed by atoms with Gasteiger partial charge in [0.25, 0.3) is 0 Å². The second-order valence-electron chi connectivity index (χ2n) is 13.8. The highest BCUT2D eigenvalue weighted by atomic mass is 16.3. The van der Waals surface area contributed by atoms with Gasteiger partial charge in [-0.15, -0.1) is 0 Å². The third kappa shape index (κ3) is 5.47. The highest BCUT2D eigenvalue weighted by Gasteiger charge is 2.49. The SMILES string of the molecule is CC/C=C/CC1(C2=CCc3ccccc32)Cc2ccccc2C1=O.CC/C=C/CC1(C2=CCc3ccccc32)Cc2ccccc2C1O. The van der Waals surface area contributed by atoms with Crippen molar-refractivity contribution in [2.45, 2.75) is 71.3 Å². The highest BCUT2D eigenvalue weighted by Crippen LogP contribution is 2.57. The topological polar surface area (TPSA) is 37.3 Å². The molecule has 0 bridgehead atoms. The van der Waals surface area contributed by atoms with Crippen molar-refractivity contribution in [2.24, 2.45) is 10.8 Å². The maximum Gasteiger partial charge on any atom is 0.174 e. The van der Waals surface area contributed by atoms with Crippen molar-refractivity contribution in [1.82, 2.24) is 0 Å². The lowest BCUT2D eigenvalue weighted by Gasteiger charge is -2.34. The van der Waals surface area contributed by atoms with Crippen LogP contribution in [0.1, 0.15) is 94.9 Å². The molecule has 0 heterocycles. The summed E-state index contributed by atoms with van der Waals surface area (Å²) in [6, 6.07) is 33.7. The van der Waals surface area contributed by atoms with Crippen LogP contribution >= 0.6 is 0 Å². The zero-order chi connectivity index (χ0) is 33.1. The first-order valence-corrected chi connectivity index (χ1v) is 17.8. The Kier molecular flexibility index (Phi) is 9.03. The van der Waals surface area contributed by atoms with E-state index in [-0.39, 0.29) is 5.41 Å². The van der Waals surface area contributed by atoms with E-state index in [2.05, 4.69) is 123 Å². The van der Waals surface area contributed by atoms with Gasteiger partial charge in [-0.1, -0.05) is 147 Å². The van der Waals surface area contributed by atoms with Crippen LogP contribution in [-0.4, -0.2) is 10.9 Å². The summed E-state index contributed by atoms with van der Waals surface area (Å²) in [5.74, 6) is 0.293. The zero-order valence-electron chi connectivity index (χ0n) is 28.3. The lowest BCUT2D eigenvalue weighted by molar-refractivity contribution is 0.0828. The van der Waals surface area contributed by atoms with Gasteiger partial charge in [-0.25, -0.2) is 0 Å². The highest BCUT2D eigenvalue weighted by molar-refractivity contribution is 6.12. The van der Waals surface area contributed by atoms with Gasteiger partial charge in [-0.05, 0) is 101 Å². The van der Waals surface area contributed by atoms with Crippen LogP contribution in [0.15, 0.2) is 134 Å². The predicted octanol–water partition coefficient (Wildman–Crippen LogP) is 10.7. The molecule has 0 fully saturated rings. The van der Waals surface area contributed by atoms with Crippen LogP contribution in [-0.2, 0) is 25.7 Å². The minimum absolute atomic E-state index is 0.234. The molecule has 0 amide bonds. The fraction of sp³-hybridized carbons (Fsp3) is 0.283. The lowest BCUT2D eigenvalue weighted by Crippen LogP contribution is -2.29. The molecule has 0 saturated carbocycles. The van der Waals surface area contributed by atoms with Crippen molar-refractivity contribution in [3.63, 3.8) is 0 Å². The van der Waals surface area contributed by atoms with Gasteiger partial charge in [0, 0.05) is 11.0 Å². The quantitative estimate of drug-likeness (QED) is 0.197. The molecule has 0 saturated heterocycles. The molecular weight excluding hydrogens is 585 g/mol. The molecule has 0 spiro atoms. The van der Waals surface area contributed by atoms with Gasteiger partial charge in [0.15, 0.2) is 5.78 Å². The van der Waals surface area contributed by atoms with Gasteiger partial charge in [0.05, 0.1) is 11.5 Å². The van der Waals surface area contributed by atoms with Gasteiger partial charge < -0.3 is 5.11 Å². The van der Waals surface area contributed by atoms with Crippen LogP contribution in [0.25, 0.3) is 11.1 Å². The summed E-state index contributed by atoms with van der Waals surface area (Å²) < 4.78 is 0. The van der Waals surface area contributed by atoms with Crippen molar-refractivity contribution in [3.05, 3.63) is 178 Å². The summed E-state index contributed by atoms with van der Waals surface area (Å²) in [4.78, 5) is 13.4. The number of fused-ring (bicyclic) bond motifs is 4. The number of Topliss-reactive ketones (excluding diaryl/α,β-unsaturated/α-hetero) is 1. The summed E-state index contributed by atoms with van der Waals surface area (Å²) in [7, 11) is 0. The third-order valence-electron chi connectivity index (χ3n) is 11.0. The third-order valence-corrected chi connectivity index (χ3v) is 11.0. The Labute approximate surface area is 286 Å². The molecular formula is C46H46O2. The fourth-order valence-electron chi connectivity index (χ4n) is 8.69. The number of ketones is 1. The van der Waals surface area contributed by atoms with E-state index in [1.807, 2.05) is 24.3 Å². The van der Waals surface area contributed by atoms with Crippen LogP contribution < -0.4 is 0 Å². The minimum Gasteiger partial charge on any atom is -0.387 e. The van der Waals surface area contributed by atoms with E-state index < -0.39 is 11.5 Å². The summed E-state index contributed by atoms with van der Waals surface area (Å²) >= 11 is 0. The molecule has 4 aromatic rings. The second-order valence-corrected chi connectivity index (χ2v) is 13.8. The first-order valence-electron chi connectivity index (χ1n) is 17.8. The number of carbonyl (C=O) groups is 1. The number of hydrogen-bond donors (Lipinski definition) is 1. The molecule has 4 aliphatic carbocycles. The number of aliphatic hydroxyl groups is 1. The van der Waals surface area contributed by atoms with E-state index in [0.29, 0.717) is 5.78 Å². The Hall–Kier alpha value is -4.53. The molecule has 1 N–H and O–H groups in total. The van der Waals surface area contributed by atoms with Crippen molar-refractivity contribution in [1.29, 1.82) is 0 Å². The molecule has 4 aromatic carbocycles. The van der Waals surface area contributed by atoms with Gasteiger partial charge in [-0.3, -0.25) is 4.79 Å². The van der Waals surface area contributed by atoms with E-state index in [4.69, 9.17) is 0 Å². The molecule has 2 nitrogen and oxygen atoms in total. The maximum atomic E-state index is 13.4. The normalized spacial score (nSPS) is 23.4. The monoisotopic (exact) mass is 630 g/mol. The molecule has 8 rings (SSSR count). The van der Waals surface area contributed by atoms with Crippen LogP contribution in [0.2, 0.25) is 0 Å². The Bertz CT molecular complexity index is 1950. The average molecular weight is 631 g/mol. The van der Waals surface area contributed by atoms with Gasteiger partial charge in [0.1, 0.15) is 0 Å². The first-order chi connectivity index (χ1) is 23.5. The van der Waals surface area contributed by atoms with Crippen molar-refractivity contribution < 1.29 is 9.90 Å². The van der Waals surface area contributed by atoms with Crippen LogP contribution in [0, 0.1) is 10.8 Å².